The Balaban J connectivity index is 1.93. The second-order valence-electron chi connectivity index (χ2n) is 5.24. The summed E-state index contributed by atoms with van der Waals surface area (Å²) in [5.74, 6) is -1.05. The molecule has 2 amide bonds. The molecular formula is C16H20N4O3. The highest BCUT2D eigenvalue weighted by molar-refractivity contribution is 5.82. The lowest BCUT2D eigenvalue weighted by molar-refractivity contribution is -0.139. The summed E-state index contributed by atoms with van der Waals surface area (Å²) < 4.78 is 0. The predicted octanol–water partition coefficient (Wildman–Crippen LogP) is 1.74. The lowest BCUT2D eigenvalue weighted by Crippen LogP contribution is -2.50. The van der Waals surface area contributed by atoms with E-state index in [1.165, 1.54) is 0 Å². The Hall–Kier alpha value is -2.67. The maximum atomic E-state index is 11.8. The number of rotatable bonds is 6. The van der Waals surface area contributed by atoms with Gasteiger partial charge in [0.25, 0.3) is 0 Å². The number of carbonyl (C=O) groups is 2. The summed E-state index contributed by atoms with van der Waals surface area (Å²) >= 11 is 0. The van der Waals surface area contributed by atoms with Gasteiger partial charge >= 0.3 is 12.0 Å². The highest BCUT2D eigenvalue weighted by Crippen LogP contribution is 2.12. The zero-order valence-corrected chi connectivity index (χ0v) is 13.1. The summed E-state index contributed by atoms with van der Waals surface area (Å²) in [5.41, 5.74) is 4.27. The molecule has 0 saturated carbocycles. The normalized spacial score (nSPS) is 12.1. The van der Waals surface area contributed by atoms with Crippen LogP contribution in [0.5, 0.6) is 0 Å². The number of hydrogen-bond acceptors (Lipinski definition) is 4. The SMILES string of the molecule is CC[C@H](NC(=O)NN(C)Cc1ccc2ccccc2n1)C(=O)O. The van der Waals surface area contributed by atoms with Crippen LogP contribution in [0.4, 0.5) is 4.79 Å². The molecule has 122 valence electrons. The molecule has 1 atom stereocenters. The minimum absolute atomic E-state index is 0.318. The quantitative estimate of drug-likeness (QED) is 0.706. The van der Waals surface area contributed by atoms with Crippen LogP contribution in [-0.4, -0.2) is 40.2 Å². The fourth-order valence-electron chi connectivity index (χ4n) is 2.18. The molecule has 2 rings (SSSR count). The van der Waals surface area contributed by atoms with Gasteiger partial charge in [-0.05, 0) is 18.6 Å². The highest BCUT2D eigenvalue weighted by Gasteiger charge is 2.18. The predicted molar refractivity (Wildman–Crippen MR) is 86.6 cm³/mol. The third-order valence-corrected chi connectivity index (χ3v) is 3.36. The van der Waals surface area contributed by atoms with Crippen LogP contribution in [0, 0.1) is 0 Å². The Morgan fingerprint density at radius 3 is 2.70 bits per heavy atom. The fraction of sp³-hybridized carbons (Fsp3) is 0.312. The number of para-hydroxylation sites is 1. The van der Waals surface area contributed by atoms with E-state index in [0.717, 1.165) is 16.6 Å². The minimum Gasteiger partial charge on any atom is -0.480 e. The number of hydrogen-bond donors (Lipinski definition) is 3. The fourth-order valence-corrected chi connectivity index (χ4v) is 2.18. The number of pyridine rings is 1. The number of hydrazine groups is 1. The number of nitrogens with one attached hydrogen (secondary N) is 2. The molecule has 1 heterocycles. The Bertz CT molecular complexity index is 705. The largest absolute Gasteiger partial charge is 0.480 e. The molecule has 0 bridgehead atoms. The number of carboxylic acids is 1. The van der Waals surface area contributed by atoms with Crippen molar-refractivity contribution in [2.24, 2.45) is 0 Å². The first-order chi connectivity index (χ1) is 11.0. The molecule has 0 radical (unpaired) electrons. The van der Waals surface area contributed by atoms with Crippen LogP contribution < -0.4 is 10.7 Å². The van der Waals surface area contributed by atoms with E-state index < -0.39 is 18.0 Å². The second kappa shape index (κ2) is 7.55. The van der Waals surface area contributed by atoms with E-state index in [-0.39, 0.29) is 0 Å². The number of urea groups is 1. The first kappa shape index (κ1) is 16.7. The third-order valence-electron chi connectivity index (χ3n) is 3.36. The van der Waals surface area contributed by atoms with Gasteiger partial charge in [0.1, 0.15) is 6.04 Å². The number of amides is 2. The van der Waals surface area contributed by atoms with E-state index in [0.29, 0.717) is 13.0 Å². The topological polar surface area (TPSA) is 94.6 Å². The van der Waals surface area contributed by atoms with Crippen molar-refractivity contribution in [3.05, 3.63) is 42.1 Å². The van der Waals surface area contributed by atoms with Crippen LogP contribution >= 0.6 is 0 Å². The molecule has 0 aliphatic carbocycles. The molecule has 23 heavy (non-hydrogen) atoms. The minimum atomic E-state index is -1.05. The van der Waals surface area contributed by atoms with Crippen LogP contribution in [0.15, 0.2) is 36.4 Å². The van der Waals surface area contributed by atoms with Gasteiger partial charge in [0.05, 0.1) is 17.8 Å². The number of aliphatic carboxylic acids is 1. The molecule has 3 N–H and O–H groups in total. The maximum Gasteiger partial charge on any atom is 0.330 e. The summed E-state index contributed by atoms with van der Waals surface area (Å²) in [5, 5.41) is 13.9. The van der Waals surface area contributed by atoms with Crippen molar-refractivity contribution in [2.45, 2.75) is 25.9 Å². The molecule has 7 heteroatoms. The van der Waals surface area contributed by atoms with Gasteiger partial charge < -0.3 is 10.4 Å². The van der Waals surface area contributed by atoms with Crippen molar-refractivity contribution in [3.8, 4) is 0 Å². The number of carboxylic acid groups (broad SMARTS) is 1. The Morgan fingerprint density at radius 1 is 1.26 bits per heavy atom. The first-order valence-electron chi connectivity index (χ1n) is 7.35. The number of benzene rings is 1. The van der Waals surface area contributed by atoms with Crippen molar-refractivity contribution in [1.82, 2.24) is 20.7 Å². The van der Waals surface area contributed by atoms with Crippen molar-refractivity contribution < 1.29 is 14.7 Å². The molecule has 0 aliphatic heterocycles. The van der Waals surface area contributed by atoms with E-state index in [1.54, 1.807) is 19.0 Å². The van der Waals surface area contributed by atoms with Crippen molar-refractivity contribution in [1.29, 1.82) is 0 Å². The molecule has 7 nitrogen and oxygen atoms in total. The highest BCUT2D eigenvalue weighted by atomic mass is 16.4. The maximum absolute atomic E-state index is 11.8. The molecular weight excluding hydrogens is 296 g/mol. The van der Waals surface area contributed by atoms with Crippen LogP contribution in [-0.2, 0) is 11.3 Å². The monoisotopic (exact) mass is 316 g/mol. The molecule has 1 aromatic heterocycles. The van der Waals surface area contributed by atoms with Gasteiger partial charge in [-0.1, -0.05) is 31.2 Å². The molecule has 0 spiro atoms. The van der Waals surface area contributed by atoms with Gasteiger partial charge in [0.15, 0.2) is 0 Å². The zero-order chi connectivity index (χ0) is 16.8. The van der Waals surface area contributed by atoms with Crippen molar-refractivity contribution >= 4 is 22.9 Å². The van der Waals surface area contributed by atoms with E-state index in [1.807, 2.05) is 36.4 Å². The third kappa shape index (κ3) is 4.65. The van der Waals surface area contributed by atoms with Crippen LogP contribution in [0.1, 0.15) is 19.0 Å². The summed E-state index contributed by atoms with van der Waals surface area (Å²) in [6.45, 7) is 2.10. The Labute approximate surface area is 134 Å². The van der Waals surface area contributed by atoms with Gasteiger partial charge in [-0.3, -0.25) is 10.4 Å². The lowest BCUT2D eigenvalue weighted by Gasteiger charge is -2.20. The molecule has 1 aromatic carbocycles. The van der Waals surface area contributed by atoms with Crippen molar-refractivity contribution in [2.75, 3.05) is 7.05 Å². The summed E-state index contributed by atoms with van der Waals surface area (Å²) in [4.78, 5) is 27.2. The van der Waals surface area contributed by atoms with Gasteiger partial charge in [-0.15, -0.1) is 0 Å². The molecule has 0 aliphatic rings. The van der Waals surface area contributed by atoms with Gasteiger partial charge in [0.2, 0.25) is 0 Å². The average Bonchev–Trinajstić information content (AvgIpc) is 2.52. The smallest absolute Gasteiger partial charge is 0.330 e. The van der Waals surface area contributed by atoms with Gasteiger partial charge in [-0.2, -0.15) is 0 Å². The Morgan fingerprint density at radius 2 is 2.00 bits per heavy atom. The average molecular weight is 316 g/mol. The van der Waals surface area contributed by atoms with Crippen LogP contribution in [0.25, 0.3) is 10.9 Å². The van der Waals surface area contributed by atoms with Crippen LogP contribution in [0.2, 0.25) is 0 Å². The summed E-state index contributed by atoms with van der Waals surface area (Å²) in [6, 6.07) is 10.2. The molecule has 0 saturated heterocycles. The van der Waals surface area contributed by atoms with Gasteiger partial charge in [0, 0.05) is 12.4 Å². The number of nitrogens with zero attached hydrogens (tertiary/aromatic N) is 2. The second-order valence-corrected chi connectivity index (χ2v) is 5.24. The molecule has 2 aromatic rings. The Kier molecular flexibility index (Phi) is 5.48. The van der Waals surface area contributed by atoms with E-state index in [4.69, 9.17) is 5.11 Å². The van der Waals surface area contributed by atoms with E-state index >= 15 is 0 Å². The van der Waals surface area contributed by atoms with Gasteiger partial charge in [-0.25, -0.2) is 14.6 Å². The number of fused-ring (bicyclic) bond motifs is 1. The standard InChI is InChI=1S/C16H20N4O3/c1-3-13(15(21)22)18-16(23)19-20(2)10-12-9-8-11-6-4-5-7-14(11)17-12/h4-9,13H,3,10H2,1-2H3,(H,21,22)(H2,18,19,23)/t13-/m0/s1. The zero-order valence-electron chi connectivity index (χ0n) is 13.1. The number of aromatic nitrogens is 1. The molecule has 0 unspecified atom stereocenters. The van der Waals surface area contributed by atoms with E-state index in [2.05, 4.69) is 15.7 Å². The summed E-state index contributed by atoms with van der Waals surface area (Å²) in [6.07, 6.45) is 0.318. The number of carbonyl (C=O) groups excluding carboxylic acids is 1. The summed E-state index contributed by atoms with van der Waals surface area (Å²) in [7, 11) is 1.69. The first-order valence-corrected chi connectivity index (χ1v) is 7.35. The molecule has 0 fully saturated rings. The van der Waals surface area contributed by atoms with E-state index in [9.17, 15) is 9.59 Å². The van der Waals surface area contributed by atoms with Crippen molar-refractivity contribution in [3.63, 3.8) is 0 Å². The lowest BCUT2D eigenvalue weighted by atomic mass is 10.2. The van der Waals surface area contributed by atoms with Crippen LogP contribution in [0.3, 0.4) is 0 Å².